The number of anilines is 1. The number of hydrogen-bond acceptors (Lipinski definition) is 7. The van der Waals surface area contributed by atoms with E-state index in [0.717, 1.165) is 0 Å². The number of carbonyl (C=O) groups is 1. The molecule has 1 aromatic carbocycles. The topological polar surface area (TPSA) is 119 Å². The predicted molar refractivity (Wildman–Crippen MR) is 108 cm³/mol. The fourth-order valence-electron chi connectivity index (χ4n) is 3.08. The Morgan fingerprint density at radius 2 is 1.90 bits per heavy atom. The van der Waals surface area contributed by atoms with Crippen molar-refractivity contribution in [1.82, 2.24) is 30.2 Å². The van der Waals surface area contributed by atoms with Crippen molar-refractivity contribution in [3.8, 4) is 17.2 Å². The summed E-state index contributed by atoms with van der Waals surface area (Å²) in [5.41, 5.74) is 0.868. The third-order valence-corrected chi connectivity index (χ3v) is 4.71. The lowest BCUT2D eigenvalue weighted by Gasteiger charge is -2.22. The fourth-order valence-corrected chi connectivity index (χ4v) is 3.19. The van der Waals surface area contributed by atoms with Gasteiger partial charge in [-0.2, -0.15) is 0 Å². The summed E-state index contributed by atoms with van der Waals surface area (Å²) in [6.07, 6.45) is 4.97. The molecule has 10 nitrogen and oxygen atoms in total. The molecule has 30 heavy (non-hydrogen) atoms. The number of nitrogens with zero attached hydrogens (tertiary/aromatic N) is 6. The average Bonchev–Trinajstić information content (AvgIpc) is 3.24. The number of pyridine rings is 1. The lowest BCUT2D eigenvalue weighted by molar-refractivity contribution is 0.248. The number of benzene rings is 1. The van der Waals surface area contributed by atoms with Crippen molar-refractivity contribution in [3.05, 3.63) is 70.2 Å². The molecule has 1 N–H and O–H groups in total. The molecule has 0 atom stereocenters. The molecule has 0 bridgehead atoms. The Balaban J connectivity index is 1.66. The first kappa shape index (κ1) is 18.0. The third kappa shape index (κ3) is 2.99. The molecule has 2 amide bonds. The van der Waals surface area contributed by atoms with Crippen molar-refractivity contribution < 1.29 is 9.42 Å². The summed E-state index contributed by atoms with van der Waals surface area (Å²) in [6.45, 7) is 0.490. The molecule has 0 saturated carbocycles. The minimum absolute atomic E-state index is 0.0118. The molecule has 4 heterocycles. The van der Waals surface area contributed by atoms with E-state index in [0.29, 0.717) is 34.5 Å². The molecule has 4 aromatic rings. The summed E-state index contributed by atoms with van der Waals surface area (Å²) in [4.78, 5) is 35.2. The van der Waals surface area contributed by atoms with Crippen LogP contribution in [0.25, 0.3) is 28.4 Å². The largest absolute Gasteiger partial charge is 0.334 e. The number of nitrogens with one attached hydrogen (secondary N) is 1. The van der Waals surface area contributed by atoms with Gasteiger partial charge in [-0.05, 0) is 52.8 Å². The van der Waals surface area contributed by atoms with E-state index in [-0.39, 0.29) is 17.2 Å². The van der Waals surface area contributed by atoms with Gasteiger partial charge in [0.2, 0.25) is 11.2 Å². The number of rotatable bonds is 3. The highest BCUT2D eigenvalue weighted by atomic mass is 35.5. The van der Waals surface area contributed by atoms with Crippen LogP contribution in [-0.4, -0.2) is 37.4 Å². The van der Waals surface area contributed by atoms with Gasteiger partial charge in [-0.15, -0.1) is 0 Å². The van der Waals surface area contributed by atoms with Gasteiger partial charge < -0.3 is 5.32 Å². The Hall–Kier alpha value is -4.05. The van der Waals surface area contributed by atoms with Gasteiger partial charge in [0.05, 0.1) is 10.7 Å². The molecule has 0 radical (unpaired) electrons. The highest BCUT2D eigenvalue weighted by Gasteiger charge is 2.20. The van der Waals surface area contributed by atoms with E-state index in [1.165, 1.54) is 15.7 Å². The molecule has 0 unspecified atom stereocenters. The van der Waals surface area contributed by atoms with E-state index < -0.39 is 5.56 Å². The zero-order valence-electron chi connectivity index (χ0n) is 15.2. The van der Waals surface area contributed by atoms with Crippen molar-refractivity contribution in [2.45, 2.75) is 0 Å². The van der Waals surface area contributed by atoms with Crippen LogP contribution in [0, 0.1) is 0 Å². The standard InChI is InChI=1S/C19H12ClN7O3/c20-12-4-7-14(22-10-12)27-17(23-16-15(18(27)28)24-30-25-16)11-2-5-13(6-3-11)26-9-1-8-21-19(26)29/h1-7,9-10H,8H2,(H,21,29). The van der Waals surface area contributed by atoms with Gasteiger partial charge in [0.25, 0.3) is 5.56 Å². The van der Waals surface area contributed by atoms with Crippen molar-refractivity contribution in [2.24, 2.45) is 0 Å². The summed E-state index contributed by atoms with van der Waals surface area (Å²) in [5, 5.41) is 10.5. The first-order valence-electron chi connectivity index (χ1n) is 8.83. The van der Waals surface area contributed by atoms with E-state index in [9.17, 15) is 9.59 Å². The van der Waals surface area contributed by atoms with Crippen LogP contribution in [0.4, 0.5) is 10.5 Å². The van der Waals surface area contributed by atoms with Crippen LogP contribution in [0.2, 0.25) is 5.02 Å². The number of urea groups is 1. The Morgan fingerprint density at radius 1 is 1.07 bits per heavy atom. The van der Waals surface area contributed by atoms with Crippen LogP contribution in [0.3, 0.4) is 0 Å². The van der Waals surface area contributed by atoms with Crippen LogP contribution in [0.5, 0.6) is 0 Å². The van der Waals surface area contributed by atoms with Gasteiger partial charge in [-0.25, -0.2) is 24.0 Å². The van der Waals surface area contributed by atoms with Crippen molar-refractivity contribution in [3.63, 3.8) is 0 Å². The highest BCUT2D eigenvalue weighted by Crippen LogP contribution is 2.25. The number of fused-ring (bicyclic) bond motifs is 1. The quantitative estimate of drug-likeness (QED) is 0.539. The van der Waals surface area contributed by atoms with Crippen LogP contribution >= 0.6 is 11.6 Å². The van der Waals surface area contributed by atoms with Gasteiger partial charge in [0, 0.05) is 24.5 Å². The highest BCUT2D eigenvalue weighted by molar-refractivity contribution is 6.30. The SMILES string of the molecule is O=C1NCC=CN1c1ccc(-c2nc3nonc3c(=O)n2-c2ccc(Cl)cn2)cc1. The van der Waals surface area contributed by atoms with Crippen molar-refractivity contribution >= 4 is 34.5 Å². The minimum atomic E-state index is -0.478. The Labute approximate surface area is 173 Å². The monoisotopic (exact) mass is 421 g/mol. The summed E-state index contributed by atoms with van der Waals surface area (Å²) < 4.78 is 5.99. The number of halogens is 1. The van der Waals surface area contributed by atoms with Gasteiger partial charge >= 0.3 is 6.03 Å². The van der Waals surface area contributed by atoms with Gasteiger partial charge in [0.15, 0.2) is 5.82 Å². The molecular formula is C19H12ClN7O3. The third-order valence-electron chi connectivity index (χ3n) is 4.49. The number of amides is 2. The van der Waals surface area contributed by atoms with Crippen molar-refractivity contribution in [2.75, 3.05) is 11.4 Å². The van der Waals surface area contributed by atoms with E-state index in [1.807, 2.05) is 6.08 Å². The molecule has 148 valence electrons. The molecule has 0 saturated heterocycles. The van der Waals surface area contributed by atoms with E-state index in [1.54, 1.807) is 42.6 Å². The summed E-state index contributed by atoms with van der Waals surface area (Å²) in [5.74, 6) is 0.613. The molecule has 5 rings (SSSR count). The zero-order chi connectivity index (χ0) is 20.7. The molecular weight excluding hydrogens is 410 g/mol. The number of carbonyl (C=O) groups excluding carboxylic acids is 1. The summed E-state index contributed by atoms with van der Waals surface area (Å²) in [6, 6.07) is 10.0. The molecule has 0 spiro atoms. The van der Waals surface area contributed by atoms with E-state index in [2.05, 4.69) is 30.2 Å². The first-order valence-corrected chi connectivity index (χ1v) is 9.21. The molecule has 0 aliphatic carbocycles. The van der Waals surface area contributed by atoms with Crippen LogP contribution < -0.4 is 15.8 Å². The number of aromatic nitrogens is 5. The maximum atomic E-state index is 13.0. The van der Waals surface area contributed by atoms with Crippen LogP contribution in [0.15, 0.2) is 64.3 Å². The second-order valence-corrected chi connectivity index (χ2v) is 6.77. The maximum absolute atomic E-state index is 13.0. The summed E-state index contributed by atoms with van der Waals surface area (Å²) >= 11 is 5.93. The molecule has 3 aromatic heterocycles. The lowest BCUT2D eigenvalue weighted by atomic mass is 10.1. The molecule has 11 heteroatoms. The smallest absolute Gasteiger partial charge is 0.326 e. The van der Waals surface area contributed by atoms with E-state index >= 15 is 0 Å². The minimum Gasteiger partial charge on any atom is -0.334 e. The van der Waals surface area contributed by atoms with Gasteiger partial charge in [-0.3, -0.25) is 9.69 Å². The zero-order valence-corrected chi connectivity index (χ0v) is 15.9. The van der Waals surface area contributed by atoms with Crippen LogP contribution in [0.1, 0.15) is 0 Å². The van der Waals surface area contributed by atoms with Gasteiger partial charge in [-0.1, -0.05) is 11.6 Å². The van der Waals surface area contributed by atoms with Gasteiger partial charge in [0.1, 0.15) is 5.82 Å². The second-order valence-electron chi connectivity index (χ2n) is 6.33. The maximum Gasteiger partial charge on any atom is 0.326 e. The fraction of sp³-hybridized carbons (Fsp3) is 0.0526. The molecule has 1 aliphatic rings. The molecule has 1 aliphatic heterocycles. The Kier molecular flexibility index (Phi) is 4.25. The normalized spacial score (nSPS) is 13.6. The lowest BCUT2D eigenvalue weighted by Crippen LogP contribution is -2.39. The van der Waals surface area contributed by atoms with E-state index in [4.69, 9.17) is 11.6 Å². The second kappa shape index (κ2) is 7.08. The Morgan fingerprint density at radius 3 is 2.63 bits per heavy atom. The first-order chi connectivity index (χ1) is 14.6. The average molecular weight is 422 g/mol. The molecule has 0 fully saturated rings. The van der Waals surface area contributed by atoms with Crippen LogP contribution in [-0.2, 0) is 0 Å². The summed E-state index contributed by atoms with van der Waals surface area (Å²) in [7, 11) is 0. The Bertz CT molecular complexity index is 1340. The predicted octanol–water partition coefficient (Wildman–Crippen LogP) is 2.53. The van der Waals surface area contributed by atoms with Crippen molar-refractivity contribution in [1.29, 1.82) is 0 Å². The number of hydrogen-bond donors (Lipinski definition) is 1.